The first-order valence-electron chi connectivity index (χ1n) is 5.91. The fourth-order valence-corrected chi connectivity index (χ4v) is 2.61. The summed E-state index contributed by atoms with van der Waals surface area (Å²) in [6, 6.07) is 9.53. The minimum absolute atomic E-state index is 0.0850. The van der Waals surface area contributed by atoms with E-state index in [2.05, 4.69) is 5.43 Å². The van der Waals surface area contributed by atoms with Crippen molar-refractivity contribution in [3.63, 3.8) is 0 Å². The standard InChI is InChI=1S/C13H20N2O2S/c1-9(16)10(2)18-8-12(13(17)15-14)11-6-4-3-5-7-11/h3-7,9-10,12,16H,8,14H2,1-2H3,(H,15,17). The number of hydrazine groups is 1. The molecule has 0 saturated heterocycles. The van der Waals surface area contributed by atoms with Crippen LogP contribution in [0.25, 0.3) is 0 Å². The van der Waals surface area contributed by atoms with E-state index in [4.69, 9.17) is 5.84 Å². The fraction of sp³-hybridized carbons (Fsp3) is 0.462. The Balaban J connectivity index is 2.72. The number of rotatable bonds is 6. The molecule has 0 bridgehead atoms. The van der Waals surface area contributed by atoms with Crippen molar-refractivity contribution >= 4 is 17.7 Å². The van der Waals surface area contributed by atoms with Crippen LogP contribution in [0, 0.1) is 0 Å². The van der Waals surface area contributed by atoms with Crippen LogP contribution in [0.15, 0.2) is 30.3 Å². The first kappa shape index (κ1) is 15.0. The highest BCUT2D eigenvalue weighted by molar-refractivity contribution is 8.00. The molecule has 0 aliphatic carbocycles. The summed E-state index contributed by atoms with van der Waals surface area (Å²) in [5.41, 5.74) is 3.14. The molecule has 4 nitrogen and oxygen atoms in total. The van der Waals surface area contributed by atoms with Crippen molar-refractivity contribution in [1.29, 1.82) is 0 Å². The lowest BCUT2D eigenvalue weighted by atomic mass is 10.0. The second-order valence-electron chi connectivity index (χ2n) is 4.25. The number of nitrogens with two attached hydrogens (primary N) is 1. The molecule has 0 aliphatic rings. The zero-order chi connectivity index (χ0) is 13.5. The number of hydrogen-bond donors (Lipinski definition) is 3. The summed E-state index contributed by atoms with van der Waals surface area (Å²) in [5.74, 6) is 5.32. The van der Waals surface area contributed by atoms with Crippen LogP contribution < -0.4 is 11.3 Å². The van der Waals surface area contributed by atoms with Crippen LogP contribution in [0.3, 0.4) is 0 Å². The molecule has 100 valence electrons. The summed E-state index contributed by atoms with van der Waals surface area (Å²) in [7, 11) is 0. The van der Waals surface area contributed by atoms with Crippen LogP contribution in [0.5, 0.6) is 0 Å². The van der Waals surface area contributed by atoms with Crippen LogP contribution in [0.4, 0.5) is 0 Å². The lowest BCUT2D eigenvalue weighted by Crippen LogP contribution is -2.36. The SMILES string of the molecule is CC(O)C(C)SCC(C(=O)NN)c1ccccc1. The van der Waals surface area contributed by atoms with Crippen molar-refractivity contribution in [2.24, 2.45) is 5.84 Å². The number of nitrogens with one attached hydrogen (secondary N) is 1. The van der Waals surface area contributed by atoms with Gasteiger partial charge >= 0.3 is 0 Å². The highest BCUT2D eigenvalue weighted by atomic mass is 32.2. The van der Waals surface area contributed by atoms with Gasteiger partial charge in [0.05, 0.1) is 12.0 Å². The Kier molecular flexibility index (Phi) is 6.18. The van der Waals surface area contributed by atoms with Gasteiger partial charge in [-0.25, -0.2) is 5.84 Å². The van der Waals surface area contributed by atoms with Gasteiger partial charge in [0.1, 0.15) is 0 Å². The van der Waals surface area contributed by atoms with Gasteiger partial charge in [0.2, 0.25) is 5.91 Å². The van der Waals surface area contributed by atoms with Crippen LogP contribution >= 0.6 is 11.8 Å². The van der Waals surface area contributed by atoms with E-state index < -0.39 is 6.10 Å². The maximum absolute atomic E-state index is 11.8. The highest BCUT2D eigenvalue weighted by Crippen LogP contribution is 2.24. The Morgan fingerprint density at radius 3 is 2.50 bits per heavy atom. The van der Waals surface area contributed by atoms with E-state index >= 15 is 0 Å². The van der Waals surface area contributed by atoms with Crippen LogP contribution in [-0.2, 0) is 4.79 Å². The molecule has 5 heteroatoms. The molecular weight excluding hydrogens is 248 g/mol. The van der Waals surface area contributed by atoms with Gasteiger partial charge < -0.3 is 5.11 Å². The Morgan fingerprint density at radius 2 is 2.00 bits per heavy atom. The third-order valence-electron chi connectivity index (χ3n) is 2.87. The molecule has 0 saturated carbocycles. The number of carbonyl (C=O) groups excluding carboxylic acids is 1. The van der Waals surface area contributed by atoms with Gasteiger partial charge in [0.15, 0.2) is 0 Å². The average Bonchev–Trinajstić information content (AvgIpc) is 2.39. The predicted molar refractivity (Wildman–Crippen MR) is 75.1 cm³/mol. The van der Waals surface area contributed by atoms with E-state index in [9.17, 15) is 9.90 Å². The minimum atomic E-state index is -0.396. The Morgan fingerprint density at radius 1 is 1.39 bits per heavy atom. The van der Waals surface area contributed by atoms with E-state index in [-0.39, 0.29) is 17.1 Å². The Labute approximate surface area is 112 Å². The summed E-state index contributed by atoms with van der Waals surface area (Å²) < 4.78 is 0. The molecule has 0 fully saturated rings. The molecule has 3 atom stereocenters. The van der Waals surface area contributed by atoms with Gasteiger partial charge in [-0.1, -0.05) is 37.3 Å². The normalized spacial score (nSPS) is 15.8. The van der Waals surface area contributed by atoms with Crippen LogP contribution in [-0.4, -0.2) is 28.1 Å². The summed E-state index contributed by atoms with van der Waals surface area (Å²) in [6.45, 7) is 3.69. The van der Waals surface area contributed by atoms with Gasteiger partial charge in [-0.05, 0) is 12.5 Å². The lowest BCUT2D eigenvalue weighted by Gasteiger charge is -2.19. The number of hydrogen-bond acceptors (Lipinski definition) is 4. The van der Waals surface area contributed by atoms with Crippen molar-refractivity contribution in [3.05, 3.63) is 35.9 Å². The summed E-state index contributed by atoms with van der Waals surface area (Å²) >= 11 is 1.56. The van der Waals surface area contributed by atoms with Gasteiger partial charge in [0.25, 0.3) is 0 Å². The number of aliphatic hydroxyl groups is 1. The summed E-state index contributed by atoms with van der Waals surface area (Å²) in [4.78, 5) is 11.8. The Hall–Kier alpha value is -1.04. The molecular formula is C13H20N2O2S. The molecule has 0 spiro atoms. The summed E-state index contributed by atoms with van der Waals surface area (Å²) in [5, 5.41) is 9.54. The van der Waals surface area contributed by atoms with Crippen molar-refractivity contribution < 1.29 is 9.90 Å². The quantitative estimate of drug-likeness (QED) is 0.412. The second kappa shape index (κ2) is 7.41. The van der Waals surface area contributed by atoms with Gasteiger partial charge in [-0.15, -0.1) is 0 Å². The zero-order valence-electron chi connectivity index (χ0n) is 10.7. The number of aliphatic hydroxyl groups excluding tert-OH is 1. The van der Waals surface area contributed by atoms with Crippen molar-refractivity contribution in [2.75, 3.05) is 5.75 Å². The molecule has 0 radical (unpaired) electrons. The molecule has 1 aromatic carbocycles. The molecule has 1 aromatic rings. The Bertz CT molecular complexity index is 371. The molecule has 3 unspecified atom stereocenters. The molecule has 1 rings (SSSR count). The smallest absolute Gasteiger partial charge is 0.242 e. The number of carbonyl (C=O) groups is 1. The maximum atomic E-state index is 11.8. The van der Waals surface area contributed by atoms with Gasteiger partial charge in [0, 0.05) is 11.0 Å². The highest BCUT2D eigenvalue weighted by Gasteiger charge is 2.21. The van der Waals surface area contributed by atoms with E-state index in [0.29, 0.717) is 5.75 Å². The first-order chi connectivity index (χ1) is 8.56. The van der Waals surface area contributed by atoms with Crippen molar-refractivity contribution in [3.8, 4) is 0 Å². The number of benzene rings is 1. The summed E-state index contributed by atoms with van der Waals surface area (Å²) in [6.07, 6.45) is -0.396. The topological polar surface area (TPSA) is 75.3 Å². The van der Waals surface area contributed by atoms with Crippen LogP contribution in [0.1, 0.15) is 25.3 Å². The largest absolute Gasteiger partial charge is 0.392 e. The number of thioether (sulfide) groups is 1. The third kappa shape index (κ3) is 4.33. The minimum Gasteiger partial charge on any atom is -0.392 e. The molecule has 0 heterocycles. The zero-order valence-corrected chi connectivity index (χ0v) is 11.5. The number of amides is 1. The third-order valence-corrected chi connectivity index (χ3v) is 4.31. The second-order valence-corrected chi connectivity index (χ2v) is 5.66. The monoisotopic (exact) mass is 268 g/mol. The fourth-order valence-electron chi connectivity index (χ4n) is 1.50. The average molecular weight is 268 g/mol. The van der Waals surface area contributed by atoms with Gasteiger partial charge in [-0.2, -0.15) is 11.8 Å². The van der Waals surface area contributed by atoms with Crippen molar-refractivity contribution in [1.82, 2.24) is 5.43 Å². The first-order valence-corrected chi connectivity index (χ1v) is 6.96. The predicted octanol–water partition coefficient (Wildman–Crippen LogP) is 1.26. The van der Waals surface area contributed by atoms with E-state index in [1.54, 1.807) is 18.7 Å². The molecule has 4 N–H and O–H groups in total. The lowest BCUT2D eigenvalue weighted by molar-refractivity contribution is -0.122. The van der Waals surface area contributed by atoms with E-state index in [1.165, 1.54) is 0 Å². The van der Waals surface area contributed by atoms with E-state index in [0.717, 1.165) is 5.56 Å². The maximum Gasteiger partial charge on any atom is 0.242 e. The molecule has 0 aliphatic heterocycles. The van der Waals surface area contributed by atoms with E-state index in [1.807, 2.05) is 37.3 Å². The molecule has 18 heavy (non-hydrogen) atoms. The molecule has 1 amide bonds. The molecule has 0 aromatic heterocycles. The van der Waals surface area contributed by atoms with Crippen LogP contribution in [0.2, 0.25) is 0 Å². The van der Waals surface area contributed by atoms with Gasteiger partial charge in [-0.3, -0.25) is 10.2 Å². The van der Waals surface area contributed by atoms with Crippen molar-refractivity contribution in [2.45, 2.75) is 31.1 Å².